The summed E-state index contributed by atoms with van der Waals surface area (Å²) in [6, 6.07) is 1.76. The van der Waals surface area contributed by atoms with Gasteiger partial charge in [0.15, 0.2) is 0 Å². The van der Waals surface area contributed by atoms with Crippen LogP contribution in [-0.2, 0) is 0 Å². The van der Waals surface area contributed by atoms with Crippen molar-refractivity contribution in [2.45, 2.75) is 12.8 Å². The average molecular weight is 244 g/mol. The van der Waals surface area contributed by atoms with Crippen molar-refractivity contribution < 1.29 is 0 Å². The lowest BCUT2D eigenvalue weighted by Crippen LogP contribution is -2.19. The molecule has 82 valence electrons. The molecule has 1 aromatic rings. The van der Waals surface area contributed by atoms with E-state index in [1.807, 2.05) is 11.8 Å². The molecular weight excluding hydrogens is 230 g/mol. The van der Waals surface area contributed by atoms with Gasteiger partial charge in [-0.3, -0.25) is 0 Å². The molecule has 1 fully saturated rings. The first-order valence-corrected chi connectivity index (χ1v) is 6.67. The third-order valence-corrected chi connectivity index (χ3v) is 3.80. The predicted octanol–water partition coefficient (Wildman–Crippen LogP) is 2.69. The van der Waals surface area contributed by atoms with E-state index in [1.54, 1.807) is 6.07 Å². The molecule has 0 bridgehead atoms. The number of nitrogens with one attached hydrogen (secondary N) is 1. The molecule has 0 spiro atoms. The third kappa shape index (κ3) is 3.54. The Hall–Kier alpha value is -0.480. The highest BCUT2D eigenvalue weighted by Crippen LogP contribution is 2.22. The zero-order valence-electron chi connectivity index (χ0n) is 8.45. The van der Waals surface area contributed by atoms with Gasteiger partial charge in [0, 0.05) is 12.6 Å². The van der Waals surface area contributed by atoms with E-state index in [-0.39, 0.29) is 0 Å². The van der Waals surface area contributed by atoms with Gasteiger partial charge in [0.1, 0.15) is 17.3 Å². The molecule has 2 heterocycles. The number of nitrogens with zero attached hydrogens (tertiary/aromatic N) is 2. The maximum Gasteiger partial charge on any atom is 0.134 e. The zero-order valence-corrected chi connectivity index (χ0v) is 10.0. The lowest BCUT2D eigenvalue weighted by Gasteiger charge is -2.21. The monoisotopic (exact) mass is 243 g/mol. The molecule has 0 radical (unpaired) electrons. The molecule has 1 aliphatic rings. The molecule has 15 heavy (non-hydrogen) atoms. The Balaban J connectivity index is 1.81. The molecule has 0 aromatic carbocycles. The highest BCUT2D eigenvalue weighted by Gasteiger charge is 2.13. The van der Waals surface area contributed by atoms with Crippen LogP contribution >= 0.6 is 23.4 Å². The number of halogens is 1. The van der Waals surface area contributed by atoms with Gasteiger partial charge < -0.3 is 5.32 Å². The summed E-state index contributed by atoms with van der Waals surface area (Å²) >= 11 is 7.82. The molecule has 5 heteroatoms. The van der Waals surface area contributed by atoms with Crippen LogP contribution in [0.3, 0.4) is 0 Å². The molecular formula is C10H14ClN3S. The second kappa shape index (κ2) is 5.56. The van der Waals surface area contributed by atoms with Crippen molar-refractivity contribution in [1.82, 2.24) is 9.97 Å². The SMILES string of the molecule is Clc1cc(NCC2CCSCC2)ncn1. The molecule has 1 aromatic heterocycles. The third-order valence-electron chi connectivity index (χ3n) is 2.55. The van der Waals surface area contributed by atoms with Gasteiger partial charge in [-0.25, -0.2) is 9.97 Å². The second-order valence-electron chi connectivity index (χ2n) is 3.66. The minimum atomic E-state index is 0.492. The first kappa shape index (κ1) is 11.0. The highest BCUT2D eigenvalue weighted by molar-refractivity contribution is 7.99. The van der Waals surface area contributed by atoms with Crippen LogP contribution in [-0.4, -0.2) is 28.0 Å². The van der Waals surface area contributed by atoms with Crippen LogP contribution in [0.4, 0.5) is 5.82 Å². The smallest absolute Gasteiger partial charge is 0.134 e. The Morgan fingerprint density at radius 1 is 1.40 bits per heavy atom. The van der Waals surface area contributed by atoms with Crippen LogP contribution in [0.15, 0.2) is 12.4 Å². The van der Waals surface area contributed by atoms with Gasteiger partial charge in [0.2, 0.25) is 0 Å². The summed E-state index contributed by atoms with van der Waals surface area (Å²) in [7, 11) is 0. The van der Waals surface area contributed by atoms with Crippen LogP contribution in [0.1, 0.15) is 12.8 Å². The fourth-order valence-corrected chi connectivity index (χ4v) is 2.98. The maximum absolute atomic E-state index is 5.77. The first-order chi connectivity index (χ1) is 7.34. The van der Waals surface area contributed by atoms with E-state index in [2.05, 4.69) is 15.3 Å². The van der Waals surface area contributed by atoms with Gasteiger partial charge in [-0.15, -0.1) is 0 Å². The predicted molar refractivity (Wildman–Crippen MR) is 65.6 cm³/mol. The van der Waals surface area contributed by atoms with Crippen molar-refractivity contribution in [1.29, 1.82) is 0 Å². The summed E-state index contributed by atoms with van der Waals surface area (Å²) in [6.07, 6.45) is 4.09. The fourth-order valence-electron chi connectivity index (χ4n) is 1.63. The summed E-state index contributed by atoms with van der Waals surface area (Å²) in [5.41, 5.74) is 0. The molecule has 0 atom stereocenters. The molecule has 2 rings (SSSR count). The summed E-state index contributed by atoms with van der Waals surface area (Å²) in [4.78, 5) is 7.96. The summed E-state index contributed by atoms with van der Waals surface area (Å²) in [5.74, 6) is 4.18. The van der Waals surface area contributed by atoms with Crippen LogP contribution in [0.2, 0.25) is 5.15 Å². The lowest BCUT2D eigenvalue weighted by atomic mass is 10.0. The molecule has 0 aliphatic carbocycles. The quantitative estimate of drug-likeness (QED) is 0.829. The van der Waals surface area contributed by atoms with Crippen molar-refractivity contribution in [2.75, 3.05) is 23.4 Å². The summed E-state index contributed by atoms with van der Waals surface area (Å²) in [5, 5.41) is 3.80. The molecule has 3 nitrogen and oxygen atoms in total. The molecule has 0 unspecified atom stereocenters. The zero-order chi connectivity index (χ0) is 10.5. The lowest BCUT2D eigenvalue weighted by molar-refractivity contribution is 0.515. The Morgan fingerprint density at radius 2 is 2.20 bits per heavy atom. The van der Waals surface area contributed by atoms with Crippen molar-refractivity contribution in [2.24, 2.45) is 5.92 Å². The largest absolute Gasteiger partial charge is 0.370 e. The molecule has 0 saturated carbocycles. The minimum absolute atomic E-state index is 0.492. The number of aromatic nitrogens is 2. The second-order valence-corrected chi connectivity index (χ2v) is 5.27. The van der Waals surface area contributed by atoms with Gasteiger partial charge in [0.25, 0.3) is 0 Å². The van der Waals surface area contributed by atoms with Crippen LogP contribution in [0, 0.1) is 5.92 Å². The number of anilines is 1. The van der Waals surface area contributed by atoms with E-state index < -0.39 is 0 Å². The van der Waals surface area contributed by atoms with Gasteiger partial charge >= 0.3 is 0 Å². The van der Waals surface area contributed by atoms with E-state index in [4.69, 9.17) is 11.6 Å². The van der Waals surface area contributed by atoms with Gasteiger partial charge in [-0.05, 0) is 30.3 Å². The van der Waals surface area contributed by atoms with Gasteiger partial charge in [-0.2, -0.15) is 11.8 Å². The van der Waals surface area contributed by atoms with Crippen LogP contribution < -0.4 is 5.32 Å². The topological polar surface area (TPSA) is 37.8 Å². The van der Waals surface area contributed by atoms with Gasteiger partial charge in [0.05, 0.1) is 0 Å². The van der Waals surface area contributed by atoms with E-state index in [0.29, 0.717) is 5.15 Å². The number of rotatable bonds is 3. The molecule has 1 aliphatic heterocycles. The van der Waals surface area contributed by atoms with E-state index >= 15 is 0 Å². The van der Waals surface area contributed by atoms with Crippen molar-refractivity contribution in [3.63, 3.8) is 0 Å². The fraction of sp³-hybridized carbons (Fsp3) is 0.600. The maximum atomic E-state index is 5.77. The first-order valence-electron chi connectivity index (χ1n) is 5.14. The van der Waals surface area contributed by atoms with E-state index in [1.165, 1.54) is 30.7 Å². The van der Waals surface area contributed by atoms with Crippen LogP contribution in [0.5, 0.6) is 0 Å². The Kier molecular flexibility index (Phi) is 4.09. The average Bonchev–Trinajstić information content (AvgIpc) is 2.28. The van der Waals surface area contributed by atoms with E-state index in [0.717, 1.165) is 18.3 Å². The summed E-state index contributed by atoms with van der Waals surface area (Å²) < 4.78 is 0. The van der Waals surface area contributed by atoms with Crippen molar-refractivity contribution in [3.8, 4) is 0 Å². The molecule has 1 N–H and O–H groups in total. The number of hydrogen-bond acceptors (Lipinski definition) is 4. The van der Waals surface area contributed by atoms with Gasteiger partial charge in [-0.1, -0.05) is 11.6 Å². The molecule has 1 saturated heterocycles. The van der Waals surface area contributed by atoms with Crippen molar-refractivity contribution >= 4 is 29.2 Å². The Labute approximate surface area is 99.0 Å². The highest BCUT2D eigenvalue weighted by atomic mass is 35.5. The molecule has 0 amide bonds. The Bertz CT molecular complexity index is 315. The van der Waals surface area contributed by atoms with E-state index in [9.17, 15) is 0 Å². The van der Waals surface area contributed by atoms with Crippen molar-refractivity contribution in [3.05, 3.63) is 17.5 Å². The Morgan fingerprint density at radius 3 is 2.93 bits per heavy atom. The minimum Gasteiger partial charge on any atom is -0.370 e. The normalized spacial score (nSPS) is 17.7. The number of hydrogen-bond donors (Lipinski definition) is 1. The number of thioether (sulfide) groups is 1. The standard InChI is InChI=1S/C10H14ClN3S/c11-9-5-10(14-7-13-9)12-6-8-1-3-15-4-2-8/h5,7-8H,1-4,6H2,(H,12,13,14). The van der Waals surface area contributed by atoms with Crippen LogP contribution in [0.25, 0.3) is 0 Å². The summed E-state index contributed by atoms with van der Waals surface area (Å²) in [6.45, 7) is 0.994.